The van der Waals surface area contributed by atoms with Crippen LogP contribution in [0.2, 0.25) is 0 Å². The number of aromatic nitrogens is 4. The number of carbonyl (C=O) groups excluding carboxylic acids is 1. The molecule has 8 nitrogen and oxygen atoms in total. The quantitative estimate of drug-likeness (QED) is 0.309. The molecule has 3 heterocycles. The van der Waals surface area contributed by atoms with Crippen molar-refractivity contribution < 1.29 is 19.5 Å². The lowest BCUT2D eigenvalue weighted by Crippen LogP contribution is -2.07. The molecule has 4 rings (SSSR count). The number of Topliss-reactive ketones (excluding diaryl/α,β-unsaturated/α-hetero) is 1. The van der Waals surface area contributed by atoms with Gasteiger partial charge in [-0.25, -0.2) is 4.98 Å². The van der Waals surface area contributed by atoms with Gasteiger partial charge >= 0.3 is 0 Å². The van der Waals surface area contributed by atoms with Crippen molar-refractivity contribution in [2.45, 2.75) is 32.4 Å². The van der Waals surface area contributed by atoms with E-state index in [1.165, 1.54) is 0 Å². The van der Waals surface area contributed by atoms with Crippen LogP contribution in [0.4, 0.5) is 0 Å². The zero-order chi connectivity index (χ0) is 23.9. The predicted octanol–water partition coefficient (Wildman–Crippen LogP) is 3.39. The fourth-order valence-electron chi connectivity index (χ4n) is 3.38. The number of imidazole rings is 1. The first kappa shape index (κ1) is 23.1. The number of aliphatic hydroxyl groups is 2. The van der Waals surface area contributed by atoms with Gasteiger partial charge in [0.1, 0.15) is 23.3 Å². The third-order valence-corrected chi connectivity index (χ3v) is 5.14. The molecule has 0 unspecified atom stereocenters. The van der Waals surface area contributed by atoms with Gasteiger partial charge in [-0.3, -0.25) is 9.78 Å². The summed E-state index contributed by atoms with van der Waals surface area (Å²) < 4.78 is 7.32. The van der Waals surface area contributed by atoms with Gasteiger partial charge in [-0.15, -0.1) is 0 Å². The number of carbonyl (C=O) groups is 1. The third-order valence-electron chi connectivity index (χ3n) is 5.14. The van der Waals surface area contributed by atoms with Crippen LogP contribution >= 0.6 is 0 Å². The highest BCUT2D eigenvalue weighted by molar-refractivity contribution is 5.94. The van der Waals surface area contributed by atoms with Crippen molar-refractivity contribution in [2.75, 3.05) is 6.61 Å². The van der Waals surface area contributed by atoms with Crippen LogP contribution in [0.15, 0.2) is 65.6 Å². The summed E-state index contributed by atoms with van der Waals surface area (Å²) in [5.74, 6) is 7.25. The second kappa shape index (κ2) is 10.7. The van der Waals surface area contributed by atoms with Gasteiger partial charge in [-0.05, 0) is 49.7 Å². The number of rotatable bonds is 8. The van der Waals surface area contributed by atoms with E-state index in [0.717, 1.165) is 16.8 Å². The lowest BCUT2D eigenvalue weighted by Gasteiger charge is -2.07. The molecule has 4 aromatic rings. The van der Waals surface area contributed by atoms with Crippen molar-refractivity contribution in [3.05, 3.63) is 89.4 Å². The largest absolute Gasteiger partial charge is 0.396 e. The number of hydrogen-bond donors (Lipinski definition) is 2. The van der Waals surface area contributed by atoms with E-state index in [9.17, 15) is 9.90 Å². The first-order valence-corrected chi connectivity index (χ1v) is 10.9. The zero-order valence-electron chi connectivity index (χ0n) is 18.7. The average Bonchev–Trinajstić information content (AvgIpc) is 3.52. The molecule has 8 heteroatoms. The maximum Gasteiger partial charge on any atom is 0.181 e. The van der Waals surface area contributed by atoms with Crippen LogP contribution in [-0.2, 0) is 6.54 Å². The molecule has 2 N–H and O–H groups in total. The molecular formula is C26H24N4O4. The second-order valence-electron chi connectivity index (χ2n) is 7.78. The molecule has 0 aliphatic carbocycles. The molecule has 0 saturated carbocycles. The molecule has 3 aromatic heterocycles. The maximum atomic E-state index is 11.9. The maximum absolute atomic E-state index is 11.9. The minimum Gasteiger partial charge on any atom is -0.396 e. The molecular weight excluding hydrogens is 432 g/mol. The smallest absolute Gasteiger partial charge is 0.181 e. The summed E-state index contributed by atoms with van der Waals surface area (Å²) in [6.07, 6.45) is 5.06. The first-order chi connectivity index (χ1) is 16.5. The zero-order valence-corrected chi connectivity index (χ0v) is 18.7. The molecule has 0 aliphatic heterocycles. The van der Waals surface area contributed by atoms with Gasteiger partial charge in [-0.2, -0.15) is 0 Å². The number of hydrogen-bond acceptors (Lipinski definition) is 7. The molecule has 0 fully saturated rings. The number of benzene rings is 1. The molecule has 0 radical (unpaired) electrons. The molecule has 1 aromatic carbocycles. The van der Waals surface area contributed by atoms with Crippen LogP contribution in [0.1, 0.15) is 59.0 Å². The van der Waals surface area contributed by atoms with Crippen molar-refractivity contribution in [3.8, 4) is 23.2 Å². The van der Waals surface area contributed by atoms with Crippen LogP contribution in [-0.4, -0.2) is 42.3 Å². The van der Waals surface area contributed by atoms with Crippen molar-refractivity contribution in [1.29, 1.82) is 0 Å². The monoisotopic (exact) mass is 456 g/mol. The Morgan fingerprint density at radius 1 is 1.12 bits per heavy atom. The highest BCUT2D eigenvalue weighted by Gasteiger charge is 2.12. The van der Waals surface area contributed by atoms with Gasteiger partial charge in [0, 0.05) is 54.4 Å². The van der Waals surface area contributed by atoms with E-state index in [-0.39, 0.29) is 18.8 Å². The number of ketones is 1. The normalized spacial score (nSPS) is 11.6. The molecule has 0 amide bonds. The Bertz CT molecular complexity index is 1310. The van der Waals surface area contributed by atoms with Gasteiger partial charge in [0.15, 0.2) is 11.5 Å². The van der Waals surface area contributed by atoms with Gasteiger partial charge < -0.3 is 19.3 Å². The summed E-state index contributed by atoms with van der Waals surface area (Å²) in [4.78, 5) is 20.3. The van der Waals surface area contributed by atoms with Crippen molar-refractivity contribution in [3.63, 3.8) is 0 Å². The Labute approximate surface area is 196 Å². The first-order valence-electron chi connectivity index (χ1n) is 10.9. The Balaban J connectivity index is 1.40. The highest BCUT2D eigenvalue weighted by Crippen LogP contribution is 2.22. The molecule has 0 bridgehead atoms. The summed E-state index contributed by atoms with van der Waals surface area (Å²) in [6.45, 7) is 2.11. The minimum absolute atomic E-state index is 0.0119. The van der Waals surface area contributed by atoms with Gasteiger partial charge in [0.25, 0.3) is 0 Å². The average molecular weight is 457 g/mol. The summed E-state index contributed by atoms with van der Waals surface area (Å²) in [5.41, 5.74) is 3.51. The van der Waals surface area contributed by atoms with Gasteiger partial charge in [0.05, 0.1) is 6.54 Å². The van der Waals surface area contributed by atoms with E-state index >= 15 is 0 Å². The molecule has 0 saturated heterocycles. The van der Waals surface area contributed by atoms with Crippen LogP contribution in [0.5, 0.6) is 0 Å². The van der Waals surface area contributed by atoms with Crippen LogP contribution < -0.4 is 0 Å². The summed E-state index contributed by atoms with van der Waals surface area (Å²) in [7, 11) is 0. The van der Waals surface area contributed by atoms with E-state index in [1.54, 1.807) is 37.6 Å². The van der Waals surface area contributed by atoms with Gasteiger partial charge in [-0.1, -0.05) is 17.0 Å². The number of nitrogens with zero attached hydrogens (tertiary/aromatic N) is 4. The molecule has 1 atom stereocenters. The van der Waals surface area contributed by atoms with Gasteiger partial charge in [0.2, 0.25) is 0 Å². The summed E-state index contributed by atoms with van der Waals surface area (Å²) in [6, 6.07) is 12.9. The lowest BCUT2D eigenvalue weighted by atomic mass is 10.1. The molecule has 0 aliphatic rings. The van der Waals surface area contributed by atoms with Crippen molar-refractivity contribution >= 4 is 5.78 Å². The fourth-order valence-corrected chi connectivity index (χ4v) is 3.38. The topological polar surface area (TPSA) is 114 Å². The van der Waals surface area contributed by atoms with Crippen molar-refractivity contribution in [1.82, 2.24) is 19.7 Å². The van der Waals surface area contributed by atoms with Crippen LogP contribution in [0.3, 0.4) is 0 Å². The Kier molecular flexibility index (Phi) is 7.28. The second-order valence-corrected chi connectivity index (χ2v) is 7.78. The minimum atomic E-state index is -0.664. The number of pyridine rings is 1. The highest BCUT2D eigenvalue weighted by atomic mass is 16.5. The van der Waals surface area contributed by atoms with E-state index in [0.29, 0.717) is 35.8 Å². The van der Waals surface area contributed by atoms with Crippen LogP contribution in [0.25, 0.3) is 11.3 Å². The molecule has 34 heavy (non-hydrogen) atoms. The van der Waals surface area contributed by atoms with E-state index in [1.807, 2.05) is 34.9 Å². The summed E-state index contributed by atoms with van der Waals surface area (Å²) >= 11 is 0. The van der Waals surface area contributed by atoms with Crippen molar-refractivity contribution in [2.24, 2.45) is 0 Å². The third kappa shape index (κ3) is 5.64. The number of aliphatic hydroxyl groups excluding tert-OH is 2. The molecule has 172 valence electrons. The SMILES string of the molecule is C[C@H](O)c1nccn1Cc1cc(-c2ccc(C#Cc3ccc(C(=O)CCCO)nc3)cc2)on1. The lowest BCUT2D eigenvalue weighted by molar-refractivity contribution is 0.0966. The molecule has 0 spiro atoms. The van der Waals surface area contributed by atoms with E-state index in [4.69, 9.17) is 9.63 Å². The standard InChI is InChI=1S/C26H24N4O4/c1-18(32)26-27-12-13-30(26)17-22-15-25(34-29-22)21-9-6-19(7-10-21)4-5-20-8-11-23(28-16-20)24(33)3-2-14-31/h6-13,15-16,18,31-32H,2-3,14,17H2,1H3/t18-/m0/s1. The Hall–Kier alpha value is -4.06. The predicted molar refractivity (Wildman–Crippen MR) is 125 cm³/mol. The van der Waals surface area contributed by atoms with E-state index in [2.05, 4.69) is 27.0 Å². The summed E-state index contributed by atoms with van der Waals surface area (Å²) in [5, 5.41) is 22.8. The van der Waals surface area contributed by atoms with E-state index < -0.39 is 6.10 Å². The Morgan fingerprint density at radius 2 is 1.88 bits per heavy atom. The fraction of sp³-hybridized carbons (Fsp3) is 0.231. The Morgan fingerprint density at radius 3 is 2.59 bits per heavy atom. The van der Waals surface area contributed by atoms with Crippen LogP contribution in [0, 0.1) is 11.8 Å².